The summed E-state index contributed by atoms with van der Waals surface area (Å²) in [7, 11) is -3.49. The summed E-state index contributed by atoms with van der Waals surface area (Å²) in [5.74, 6) is -0.986. The van der Waals surface area contributed by atoms with Gasteiger partial charge in [-0.3, -0.25) is 8.98 Å². The second-order valence-electron chi connectivity index (χ2n) is 2.96. The Morgan fingerprint density at radius 3 is 2.62 bits per heavy atom. The lowest BCUT2D eigenvalue weighted by atomic mass is 10.2. The third kappa shape index (κ3) is 3.29. The van der Waals surface area contributed by atoms with Crippen LogP contribution in [0.3, 0.4) is 0 Å². The molecule has 76 valence electrons. The fourth-order valence-electron chi connectivity index (χ4n) is 1.21. The number of hydrogen-bond donors (Lipinski definition) is 2. The number of nitrogens with one attached hydrogen (secondary N) is 1. The molecule has 0 bridgehead atoms. The van der Waals surface area contributed by atoms with Crippen molar-refractivity contribution in [1.29, 1.82) is 0 Å². The molecule has 13 heavy (non-hydrogen) atoms. The van der Waals surface area contributed by atoms with Crippen LogP contribution in [-0.2, 0) is 19.1 Å². The molecule has 6 nitrogen and oxygen atoms in total. The Morgan fingerprint density at radius 2 is 2.23 bits per heavy atom. The van der Waals surface area contributed by atoms with Crippen molar-refractivity contribution in [2.75, 3.05) is 12.8 Å². The minimum absolute atomic E-state index is 0.183. The lowest BCUT2D eigenvalue weighted by Gasteiger charge is -2.06. The molecule has 1 rings (SSSR count). The first kappa shape index (κ1) is 10.4. The van der Waals surface area contributed by atoms with Gasteiger partial charge < -0.3 is 10.4 Å². The van der Waals surface area contributed by atoms with Crippen molar-refractivity contribution in [3.63, 3.8) is 0 Å². The van der Waals surface area contributed by atoms with E-state index in [9.17, 15) is 13.2 Å². The number of rotatable bonds is 3. The minimum atomic E-state index is -3.49. The predicted molar refractivity (Wildman–Crippen MR) is 43.8 cm³/mol. The summed E-state index contributed by atoms with van der Waals surface area (Å²) in [6.07, 6.45) is 0.569. The van der Waals surface area contributed by atoms with E-state index in [-0.39, 0.29) is 13.0 Å². The maximum Gasteiger partial charge on any atom is 0.320 e. The molecule has 1 aliphatic rings. The number of carboxylic acids is 1. The van der Waals surface area contributed by atoms with E-state index in [2.05, 4.69) is 9.50 Å². The molecule has 1 fully saturated rings. The molecule has 0 aromatic rings. The quantitative estimate of drug-likeness (QED) is 0.566. The van der Waals surface area contributed by atoms with Crippen LogP contribution in [0.5, 0.6) is 0 Å². The summed E-state index contributed by atoms with van der Waals surface area (Å²) in [5.41, 5.74) is 0. The maximum atomic E-state index is 10.7. The average molecular weight is 209 g/mol. The van der Waals surface area contributed by atoms with Crippen molar-refractivity contribution < 1.29 is 22.5 Å². The second kappa shape index (κ2) is 3.60. The summed E-state index contributed by atoms with van der Waals surface area (Å²) in [5, 5.41) is 11.2. The normalized spacial score (nSPS) is 29.0. The Hall–Kier alpha value is -0.660. The van der Waals surface area contributed by atoms with Gasteiger partial charge in [0.05, 0.1) is 12.4 Å². The molecular formula is C6H11NO5S. The molecule has 0 spiro atoms. The van der Waals surface area contributed by atoms with Gasteiger partial charge in [0.2, 0.25) is 0 Å². The first-order valence-electron chi connectivity index (χ1n) is 3.73. The zero-order valence-electron chi connectivity index (χ0n) is 7.06. The molecule has 1 aliphatic heterocycles. The molecule has 0 aromatic heterocycles. The van der Waals surface area contributed by atoms with Crippen LogP contribution in [0, 0.1) is 0 Å². The maximum absolute atomic E-state index is 10.7. The molecule has 2 N–H and O–H groups in total. The SMILES string of the molecule is CS(=O)(=O)O[C@H]1CN[C@H](C(=O)O)C1. The van der Waals surface area contributed by atoms with Gasteiger partial charge in [-0.2, -0.15) is 8.42 Å². The van der Waals surface area contributed by atoms with Crippen LogP contribution in [0.4, 0.5) is 0 Å². The Balaban J connectivity index is 2.47. The van der Waals surface area contributed by atoms with Crippen molar-refractivity contribution >= 4 is 16.1 Å². The molecular weight excluding hydrogens is 198 g/mol. The highest BCUT2D eigenvalue weighted by Gasteiger charge is 2.31. The highest BCUT2D eigenvalue weighted by molar-refractivity contribution is 7.86. The summed E-state index contributed by atoms with van der Waals surface area (Å²) in [6, 6.07) is -0.702. The molecule has 1 heterocycles. The van der Waals surface area contributed by atoms with Gasteiger partial charge in [-0.15, -0.1) is 0 Å². The van der Waals surface area contributed by atoms with E-state index in [0.29, 0.717) is 0 Å². The first-order chi connectivity index (χ1) is 5.88. The predicted octanol–water partition coefficient (Wildman–Crippen LogP) is -1.22. The molecule has 0 aromatic carbocycles. The van der Waals surface area contributed by atoms with Gasteiger partial charge in [0, 0.05) is 13.0 Å². The molecule has 0 amide bonds. The summed E-state index contributed by atoms with van der Waals surface area (Å²) < 4.78 is 26.0. The minimum Gasteiger partial charge on any atom is -0.480 e. The molecule has 7 heteroatoms. The Morgan fingerprint density at radius 1 is 1.62 bits per heavy atom. The van der Waals surface area contributed by atoms with E-state index in [1.54, 1.807) is 0 Å². The largest absolute Gasteiger partial charge is 0.480 e. The summed E-state index contributed by atoms with van der Waals surface area (Å²) >= 11 is 0. The van der Waals surface area contributed by atoms with E-state index in [1.165, 1.54) is 0 Å². The van der Waals surface area contributed by atoms with Gasteiger partial charge >= 0.3 is 5.97 Å². The van der Waals surface area contributed by atoms with Crippen LogP contribution in [0.2, 0.25) is 0 Å². The molecule has 2 atom stereocenters. The molecule has 0 radical (unpaired) electrons. The zero-order chi connectivity index (χ0) is 10.1. The van der Waals surface area contributed by atoms with Crippen LogP contribution < -0.4 is 5.32 Å². The van der Waals surface area contributed by atoms with Crippen molar-refractivity contribution in [3.8, 4) is 0 Å². The van der Waals surface area contributed by atoms with Gasteiger partial charge in [-0.1, -0.05) is 0 Å². The molecule has 0 saturated carbocycles. The lowest BCUT2D eigenvalue weighted by molar-refractivity contribution is -0.139. The van der Waals surface area contributed by atoms with Crippen molar-refractivity contribution in [2.45, 2.75) is 18.6 Å². The molecule has 1 saturated heterocycles. The highest BCUT2D eigenvalue weighted by Crippen LogP contribution is 2.12. The van der Waals surface area contributed by atoms with Gasteiger partial charge in [-0.05, 0) is 0 Å². The molecule has 0 aliphatic carbocycles. The molecule has 0 unspecified atom stereocenters. The summed E-state index contributed by atoms with van der Waals surface area (Å²) in [6.45, 7) is 0.254. The lowest BCUT2D eigenvalue weighted by Crippen LogP contribution is -2.30. The topological polar surface area (TPSA) is 92.7 Å². The highest BCUT2D eigenvalue weighted by atomic mass is 32.2. The number of carboxylic acid groups (broad SMARTS) is 1. The van der Waals surface area contributed by atoms with Crippen LogP contribution >= 0.6 is 0 Å². The first-order valence-corrected chi connectivity index (χ1v) is 5.54. The average Bonchev–Trinajstić information content (AvgIpc) is 2.31. The Kier molecular flexibility index (Phi) is 2.89. The van der Waals surface area contributed by atoms with Gasteiger partial charge in [-0.25, -0.2) is 0 Å². The van der Waals surface area contributed by atoms with Crippen LogP contribution in [0.25, 0.3) is 0 Å². The monoisotopic (exact) mass is 209 g/mol. The van der Waals surface area contributed by atoms with E-state index in [1.807, 2.05) is 0 Å². The fourth-order valence-corrected chi connectivity index (χ4v) is 1.85. The van der Waals surface area contributed by atoms with Gasteiger partial charge in [0.15, 0.2) is 0 Å². The standard InChI is InChI=1S/C6H11NO5S/c1-13(10,11)12-4-2-5(6(8)9)7-3-4/h4-5,7H,2-3H2,1H3,(H,8,9)/t4-,5+/m1/s1. The van der Waals surface area contributed by atoms with Crippen LogP contribution in [0.1, 0.15) is 6.42 Å². The van der Waals surface area contributed by atoms with E-state index >= 15 is 0 Å². The summed E-state index contributed by atoms with van der Waals surface area (Å²) in [4.78, 5) is 10.4. The van der Waals surface area contributed by atoms with Crippen LogP contribution in [0.15, 0.2) is 0 Å². The zero-order valence-corrected chi connectivity index (χ0v) is 7.87. The van der Waals surface area contributed by atoms with E-state index < -0.39 is 28.2 Å². The van der Waals surface area contributed by atoms with Crippen molar-refractivity contribution in [2.24, 2.45) is 0 Å². The van der Waals surface area contributed by atoms with Gasteiger partial charge in [0.1, 0.15) is 6.04 Å². The number of aliphatic carboxylic acids is 1. The third-order valence-corrected chi connectivity index (χ3v) is 2.32. The smallest absolute Gasteiger partial charge is 0.320 e. The van der Waals surface area contributed by atoms with E-state index in [4.69, 9.17) is 5.11 Å². The Bertz CT molecular complexity index is 298. The van der Waals surface area contributed by atoms with Gasteiger partial charge in [0.25, 0.3) is 10.1 Å². The van der Waals surface area contributed by atoms with E-state index in [0.717, 1.165) is 6.26 Å². The van der Waals surface area contributed by atoms with Crippen molar-refractivity contribution in [3.05, 3.63) is 0 Å². The van der Waals surface area contributed by atoms with Crippen LogP contribution in [-0.4, -0.2) is 44.4 Å². The third-order valence-electron chi connectivity index (χ3n) is 1.70. The Labute approximate surface area is 76.0 Å². The van der Waals surface area contributed by atoms with Crippen molar-refractivity contribution in [1.82, 2.24) is 5.32 Å². The fraction of sp³-hybridized carbons (Fsp3) is 0.833. The second-order valence-corrected chi connectivity index (χ2v) is 4.56. The number of carbonyl (C=O) groups is 1. The number of hydrogen-bond acceptors (Lipinski definition) is 5.